The molecular weight excluding hydrogens is 248 g/mol. The van der Waals surface area contributed by atoms with Gasteiger partial charge in [-0.1, -0.05) is 6.42 Å². The number of hydrogen-bond acceptors (Lipinski definition) is 3. The SMILES string of the molecule is CCN(CCC(=O)O)C(=O)CCCCCNC(C)=O. The van der Waals surface area contributed by atoms with Crippen molar-refractivity contribution in [1.29, 1.82) is 0 Å². The van der Waals surface area contributed by atoms with Crippen LogP contribution in [-0.4, -0.2) is 47.4 Å². The molecule has 0 bridgehead atoms. The van der Waals surface area contributed by atoms with Crippen molar-refractivity contribution in [2.45, 2.75) is 46.0 Å². The molecule has 0 aromatic heterocycles. The molecule has 0 rings (SSSR count). The Balaban J connectivity index is 3.70. The van der Waals surface area contributed by atoms with E-state index >= 15 is 0 Å². The maximum absolute atomic E-state index is 11.8. The maximum Gasteiger partial charge on any atom is 0.305 e. The van der Waals surface area contributed by atoms with Gasteiger partial charge in [-0.3, -0.25) is 14.4 Å². The van der Waals surface area contributed by atoms with Crippen molar-refractivity contribution >= 4 is 17.8 Å². The van der Waals surface area contributed by atoms with E-state index in [2.05, 4.69) is 5.32 Å². The van der Waals surface area contributed by atoms with E-state index in [1.807, 2.05) is 6.92 Å². The summed E-state index contributed by atoms with van der Waals surface area (Å²) in [6.07, 6.45) is 2.92. The highest BCUT2D eigenvalue weighted by molar-refractivity contribution is 5.77. The number of rotatable bonds is 10. The standard InChI is InChI=1S/C13H24N2O4/c1-3-15(10-8-13(18)19)12(17)7-5-4-6-9-14-11(2)16/h3-10H2,1-2H3,(H,14,16)(H,18,19). The largest absolute Gasteiger partial charge is 0.481 e. The van der Waals surface area contributed by atoms with Gasteiger partial charge in [0.05, 0.1) is 6.42 Å². The van der Waals surface area contributed by atoms with Crippen LogP contribution in [0.15, 0.2) is 0 Å². The molecule has 6 heteroatoms. The van der Waals surface area contributed by atoms with Crippen molar-refractivity contribution in [3.8, 4) is 0 Å². The van der Waals surface area contributed by atoms with Gasteiger partial charge in [0, 0.05) is 33.0 Å². The third-order valence-corrected chi connectivity index (χ3v) is 2.77. The lowest BCUT2D eigenvalue weighted by atomic mass is 10.1. The van der Waals surface area contributed by atoms with Gasteiger partial charge < -0.3 is 15.3 Å². The van der Waals surface area contributed by atoms with E-state index in [0.717, 1.165) is 19.3 Å². The van der Waals surface area contributed by atoms with Crippen LogP contribution >= 0.6 is 0 Å². The lowest BCUT2D eigenvalue weighted by molar-refractivity contribution is -0.138. The fourth-order valence-electron chi connectivity index (χ4n) is 1.69. The molecule has 0 spiro atoms. The van der Waals surface area contributed by atoms with Gasteiger partial charge in [0.25, 0.3) is 0 Å². The second kappa shape index (κ2) is 10.3. The normalized spacial score (nSPS) is 10.0. The summed E-state index contributed by atoms with van der Waals surface area (Å²) in [6, 6.07) is 0. The Kier molecular flexibility index (Phi) is 9.48. The van der Waals surface area contributed by atoms with Crippen LogP contribution in [0.3, 0.4) is 0 Å². The molecule has 19 heavy (non-hydrogen) atoms. The Morgan fingerprint density at radius 3 is 2.32 bits per heavy atom. The number of carboxylic acid groups (broad SMARTS) is 1. The van der Waals surface area contributed by atoms with Crippen LogP contribution in [-0.2, 0) is 14.4 Å². The first-order valence-electron chi connectivity index (χ1n) is 6.71. The summed E-state index contributed by atoms with van der Waals surface area (Å²) in [4.78, 5) is 34.4. The number of aliphatic carboxylic acids is 1. The van der Waals surface area contributed by atoms with Crippen LogP contribution in [0.25, 0.3) is 0 Å². The number of nitrogens with zero attached hydrogens (tertiary/aromatic N) is 1. The third kappa shape index (κ3) is 10.1. The van der Waals surface area contributed by atoms with E-state index in [1.165, 1.54) is 6.92 Å². The van der Waals surface area contributed by atoms with Gasteiger partial charge in [0.2, 0.25) is 11.8 Å². The summed E-state index contributed by atoms with van der Waals surface area (Å²) in [5.41, 5.74) is 0. The van der Waals surface area contributed by atoms with Crippen LogP contribution in [0.4, 0.5) is 0 Å². The fourth-order valence-corrected chi connectivity index (χ4v) is 1.69. The molecule has 2 N–H and O–H groups in total. The predicted octanol–water partition coefficient (Wildman–Crippen LogP) is 1.01. The zero-order chi connectivity index (χ0) is 14.7. The number of nitrogens with one attached hydrogen (secondary N) is 1. The topological polar surface area (TPSA) is 86.7 Å². The molecule has 0 radical (unpaired) electrons. The van der Waals surface area contributed by atoms with Gasteiger partial charge in [-0.25, -0.2) is 0 Å². The lowest BCUT2D eigenvalue weighted by Crippen LogP contribution is -2.32. The molecule has 2 amide bonds. The Morgan fingerprint density at radius 1 is 1.11 bits per heavy atom. The maximum atomic E-state index is 11.8. The first-order chi connectivity index (χ1) is 8.97. The minimum absolute atomic E-state index is 0.00303. The molecule has 0 unspecified atom stereocenters. The number of hydrogen-bond donors (Lipinski definition) is 2. The van der Waals surface area contributed by atoms with Gasteiger partial charge in [-0.2, -0.15) is 0 Å². The lowest BCUT2D eigenvalue weighted by Gasteiger charge is -2.19. The van der Waals surface area contributed by atoms with Crippen molar-refractivity contribution in [3.63, 3.8) is 0 Å². The molecule has 0 heterocycles. The molecule has 6 nitrogen and oxygen atoms in total. The van der Waals surface area contributed by atoms with Crippen LogP contribution in [0, 0.1) is 0 Å². The van der Waals surface area contributed by atoms with Crippen LogP contribution in [0.2, 0.25) is 0 Å². The Bertz CT molecular complexity index is 305. The van der Waals surface area contributed by atoms with Crippen LogP contribution in [0.1, 0.15) is 46.0 Å². The first kappa shape index (κ1) is 17.4. The van der Waals surface area contributed by atoms with E-state index in [0.29, 0.717) is 19.5 Å². The Labute approximate surface area is 114 Å². The molecule has 0 aromatic carbocycles. The number of carbonyl (C=O) groups is 3. The number of carboxylic acids is 1. The highest BCUT2D eigenvalue weighted by atomic mass is 16.4. The Morgan fingerprint density at radius 2 is 1.79 bits per heavy atom. The molecular formula is C13H24N2O4. The highest BCUT2D eigenvalue weighted by Crippen LogP contribution is 2.04. The summed E-state index contributed by atoms with van der Waals surface area (Å²) in [7, 11) is 0. The minimum atomic E-state index is -0.887. The van der Waals surface area contributed by atoms with Crippen molar-refractivity contribution < 1.29 is 19.5 Å². The van der Waals surface area contributed by atoms with E-state index in [1.54, 1.807) is 4.90 Å². The van der Waals surface area contributed by atoms with Gasteiger partial charge in [0.1, 0.15) is 0 Å². The van der Waals surface area contributed by atoms with Crippen molar-refractivity contribution in [3.05, 3.63) is 0 Å². The average Bonchev–Trinajstić information content (AvgIpc) is 2.33. The van der Waals surface area contributed by atoms with Crippen molar-refractivity contribution in [2.24, 2.45) is 0 Å². The van der Waals surface area contributed by atoms with Gasteiger partial charge in [-0.15, -0.1) is 0 Å². The molecule has 0 saturated heterocycles. The van der Waals surface area contributed by atoms with Crippen molar-refractivity contribution in [2.75, 3.05) is 19.6 Å². The van der Waals surface area contributed by atoms with E-state index < -0.39 is 5.97 Å². The molecule has 0 aliphatic heterocycles. The fraction of sp³-hybridized carbons (Fsp3) is 0.769. The van der Waals surface area contributed by atoms with E-state index in [4.69, 9.17) is 5.11 Å². The van der Waals surface area contributed by atoms with Crippen molar-refractivity contribution in [1.82, 2.24) is 10.2 Å². The summed E-state index contributed by atoms with van der Waals surface area (Å²) < 4.78 is 0. The second-order valence-corrected chi connectivity index (χ2v) is 4.41. The smallest absolute Gasteiger partial charge is 0.305 e. The Hall–Kier alpha value is -1.59. The van der Waals surface area contributed by atoms with E-state index in [-0.39, 0.29) is 24.8 Å². The number of amides is 2. The number of unbranched alkanes of at least 4 members (excludes halogenated alkanes) is 2. The van der Waals surface area contributed by atoms with Crippen LogP contribution < -0.4 is 5.32 Å². The zero-order valence-electron chi connectivity index (χ0n) is 11.8. The quantitative estimate of drug-likeness (QED) is 0.581. The van der Waals surface area contributed by atoms with Gasteiger partial charge in [-0.05, 0) is 19.8 Å². The summed E-state index contributed by atoms with van der Waals surface area (Å²) in [5, 5.41) is 11.3. The van der Waals surface area contributed by atoms with Gasteiger partial charge in [0.15, 0.2) is 0 Å². The highest BCUT2D eigenvalue weighted by Gasteiger charge is 2.12. The zero-order valence-corrected chi connectivity index (χ0v) is 11.8. The molecule has 0 saturated carbocycles. The van der Waals surface area contributed by atoms with Crippen LogP contribution in [0.5, 0.6) is 0 Å². The average molecular weight is 272 g/mol. The van der Waals surface area contributed by atoms with Gasteiger partial charge >= 0.3 is 5.97 Å². The molecule has 0 aromatic rings. The minimum Gasteiger partial charge on any atom is -0.481 e. The number of carbonyl (C=O) groups excluding carboxylic acids is 2. The first-order valence-corrected chi connectivity index (χ1v) is 6.71. The van der Waals surface area contributed by atoms with E-state index in [9.17, 15) is 14.4 Å². The molecule has 0 aliphatic rings. The summed E-state index contributed by atoms with van der Waals surface area (Å²) in [6.45, 7) is 4.77. The monoisotopic (exact) mass is 272 g/mol. The molecule has 0 aliphatic carbocycles. The third-order valence-electron chi connectivity index (χ3n) is 2.77. The molecule has 0 atom stereocenters. The summed E-state index contributed by atoms with van der Waals surface area (Å²) >= 11 is 0. The molecule has 110 valence electrons. The molecule has 0 fully saturated rings. The predicted molar refractivity (Wildman–Crippen MR) is 71.7 cm³/mol. The summed E-state index contributed by atoms with van der Waals surface area (Å²) in [5.74, 6) is -0.924. The second-order valence-electron chi connectivity index (χ2n) is 4.41.